The summed E-state index contributed by atoms with van der Waals surface area (Å²) in [4.78, 5) is 14.8. The van der Waals surface area contributed by atoms with Gasteiger partial charge in [-0.1, -0.05) is 15.9 Å². The first-order valence-corrected chi connectivity index (χ1v) is 7.38. The summed E-state index contributed by atoms with van der Waals surface area (Å²) in [5.74, 6) is 0.137. The van der Waals surface area contributed by atoms with Crippen LogP contribution in [0.2, 0.25) is 0 Å². The minimum Gasteiger partial charge on any atom is -1.00 e. The van der Waals surface area contributed by atoms with Crippen LogP contribution in [0.15, 0.2) is 22.7 Å². The SMILES string of the molecule is Cc1c(CN(C)C)c2c(n1C)C(=O)c1ccc(Br)cc1-2.[Cl-].[H+]. The molecule has 0 N–H and O–H groups in total. The highest BCUT2D eigenvalue weighted by Crippen LogP contribution is 2.42. The smallest absolute Gasteiger partial charge is 1.00 e. The molecule has 21 heavy (non-hydrogen) atoms. The molecular weight excluding hydrogens is 352 g/mol. The fraction of sp³-hybridized carbons (Fsp3) is 0.312. The number of benzene rings is 1. The molecule has 0 saturated carbocycles. The van der Waals surface area contributed by atoms with Crippen LogP contribution in [0, 0.1) is 6.92 Å². The molecule has 0 bridgehead atoms. The minimum atomic E-state index is 0. The van der Waals surface area contributed by atoms with E-state index in [4.69, 9.17) is 0 Å². The van der Waals surface area contributed by atoms with E-state index in [1.807, 2.05) is 23.7 Å². The van der Waals surface area contributed by atoms with Gasteiger partial charge in [-0.3, -0.25) is 4.79 Å². The average Bonchev–Trinajstić information content (AvgIpc) is 2.79. The number of carbonyl (C=O) groups excluding carboxylic acids is 1. The van der Waals surface area contributed by atoms with E-state index in [2.05, 4.69) is 47.9 Å². The molecule has 0 unspecified atom stereocenters. The Hall–Kier alpha value is -1.10. The highest BCUT2D eigenvalue weighted by atomic mass is 79.9. The lowest BCUT2D eigenvalue weighted by Gasteiger charge is -2.12. The van der Waals surface area contributed by atoms with E-state index in [9.17, 15) is 4.79 Å². The third kappa shape index (κ3) is 2.35. The van der Waals surface area contributed by atoms with Gasteiger partial charge in [-0.25, -0.2) is 0 Å². The van der Waals surface area contributed by atoms with Gasteiger partial charge in [0.25, 0.3) is 0 Å². The molecule has 1 heterocycles. The van der Waals surface area contributed by atoms with Gasteiger partial charge in [0, 0.05) is 34.9 Å². The minimum absolute atomic E-state index is 0. The van der Waals surface area contributed by atoms with Crippen molar-refractivity contribution < 1.29 is 18.6 Å². The van der Waals surface area contributed by atoms with Gasteiger partial charge in [-0.05, 0) is 50.3 Å². The second kappa shape index (κ2) is 5.59. The quantitative estimate of drug-likeness (QED) is 0.657. The molecule has 1 aliphatic rings. The third-order valence-electron chi connectivity index (χ3n) is 4.00. The largest absolute Gasteiger partial charge is 1.00 e. The predicted molar refractivity (Wildman–Crippen MR) is 85.2 cm³/mol. The van der Waals surface area contributed by atoms with Crippen molar-refractivity contribution >= 4 is 21.7 Å². The zero-order chi connectivity index (χ0) is 14.6. The lowest BCUT2D eigenvalue weighted by Crippen LogP contribution is -3.00. The molecule has 0 saturated heterocycles. The Morgan fingerprint density at radius 1 is 1.29 bits per heavy atom. The molecule has 112 valence electrons. The van der Waals surface area contributed by atoms with Crippen LogP contribution in [0.4, 0.5) is 0 Å². The first-order chi connectivity index (χ1) is 9.41. The summed E-state index contributed by atoms with van der Waals surface area (Å²) < 4.78 is 3.04. The molecule has 3 rings (SSSR count). The van der Waals surface area contributed by atoms with E-state index < -0.39 is 0 Å². The van der Waals surface area contributed by atoms with Crippen molar-refractivity contribution in [2.24, 2.45) is 7.05 Å². The van der Waals surface area contributed by atoms with Crippen molar-refractivity contribution in [1.82, 2.24) is 9.47 Å². The number of fused-ring (bicyclic) bond motifs is 3. The molecule has 2 aromatic rings. The molecular formula is C16H18BrClN2O. The number of halogens is 2. The summed E-state index contributed by atoms with van der Waals surface area (Å²) in [6.07, 6.45) is 0. The van der Waals surface area contributed by atoms with Crippen molar-refractivity contribution in [3.63, 3.8) is 0 Å². The van der Waals surface area contributed by atoms with E-state index >= 15 is 0 Å². The number of rotatable bonds is 2. The number of aromatic nitrogens is 1. The third-order valence-corrected chi connectivity index (χ3v) is 4.49. The summed E-state index contributed by atoms with van der Waals surface area (Å²) >= 11 is 3.51. The van der Waals surface area contributed by atoms with Gasteiger partial charge in [0.1, 0.15) is 0 Å². The molecule has 0 amide bonds. The van der Waals surface area contributed by atoms with Crippen LogP contribution in [0.25, 0.3) is 11.1 Å². The Kier molecular flexibility index (Phi) is 4.34. The van der Waals surface area contributed by atoms with Gasteiger partial charge in [0.2, 0.25) is 5.78 Å². The Balaban J connectivity index is 0.00000121. The Bertz CT molecular complexity index is 740. The number of hydrogen-bond donors (Lipinski definition) is 0. The fourth-order valence-corrected chi connectivity index (χ4v) is 3.34. The van der Waals surface area contributed by atoms with Gasteiger partial charge in [0.05, 0.1) is 5.69 Å². The zero-order valence-corrected chi connectivity index (χ0v) is 14.8. The van der Waals surface area contributed by atoms with Gasteiger partial charge < -0.3 is 21.9 Å². The van der Waals surface area contributed by atoms with Crippen molar-refractivity contribution in [3.05, 3.63) is 45.2 Å². The van der Waals surface area contributed by atoms with Crippen molar-refractivity contribution in [2.75, 3.05) is 14.1 Å². The second-order valence-electron chi connectivity index (χ2n) is 5.60. The summed E-state index contributed by atoms with van der Waals surface area (Å²) in [5.41, 5.74) is 6.22. The van der Waals surface area contributed by atoms with E-state index in [1.165, 1.54) is 11.3 Å². The van der Waals surface area contributed by atoms with Crippen molar-refractivity contribution in [3.8, 4) is 11.1 Å². The Morgan fingerprint density at radius 3 is 2.57 bits per heavy atom. The molecule has 0 spiro atoms. The van der Waals surface area contributed by atoms with Crippen LogP contribution < -0.4 is 12.4 Å². The van der Waals surface area contributed by atoms with Crippen molar-refractivity contribution in [2.45, 2.75) is 13.5 Å². The van der Waals surface area contributed by atoms with E-state index in [0.29, 0.717) is 0 Å². The number of ketones is 1. The maximum Gasteiger partial charge on any atom is 1.00 e. The standard InChI is InChI=1S/C16H17BrN2O.ClH/c1-9-13(8-18(2)3)14-12-7-10(17)5-6-11(12)16(20)15(14)19(9)4;/h5-7H,8H2,1-4H3;1H. The van der Waals surface area contributed by atoms with Crippen LogP contribution in [0.5, 0.6) is 0 Å². The first-order valence-electron chi connectivity index (χ1n) is 6.59. The normalized spacial score (nSPS) is 12.4. The lowest BCUT2D eigenvalue weighted by molar-refractivity contribution is -0.0000115. The summed E-state index contributed by atoms with van der Waals surface area (Å²) in [7, 11) is 6.08. The number of hydrogen-bond acceptors (Lipinski definition) is 2. The van der Waals surface area contributed by atoms with Gasteiger partial charge in [-0.2, -0.15) is 0 Å². The van der Waals surface area contributed by atoms with Gasteiger partial charge in [-0.15, -0.1) is 0 Å². The van der Waals surface area contributed by atoms with E-state index in [-0.39, 0.29) is 19.6 Å². The van der Waals surface area contributed by atoms with Crippen LogP contribution in [-0.4, -0.2) is 29.3 Å². The molecule has 1 aromatic heterocycles. The summed E-state index contributed by atoms with van der Waals surface area (Å²) in [5, 5.41) is 0. The van der Waals surface area contributed by atoms with Crippen LogP contribution in [-0.2, 0) is 13.6 Å². The molecule has 0 fully saturated rings. The van der Waals surface area contributed by atoms with E-state index in [0.717, 1.165) is 33.4 Å². The van der Waals surface area contributed by atoms with Crippen LogP contribution >= 0.6 is 15.9 Å². The predicted octanol–water partition coefficient (Wildman–Crippen LogP) is 0.486. The molecule has 0 aliphatic heterocycles. The molecule has 1 aromatic carbocycles. The topological polar surface area (TPSA) is 25.2 Å². The molecule has 5 heteroatoms. The highest BCUT2D eigenvalue weighted by molar-refractivity contribution is 9.10. The highest BCUT2D eigenvalue weighted by Gasteiger charge is 2.34. The summed E-state index contributed by atoms with van der Waals surface area (Å²) in [6, 6.07) is 5.90. The monoisotopic (exact) mass is 368 g/mol. The number of nitrogens with zero attached hydrogens (tertiary/aromatic N) is 2. The second-order valence-corrected chi connectivity index (χ2v) is 6.52. The average molecular weight is 370 g/mol. The van der Waals surface area contributed by atoms with Crippen molar-refractivity contribution in [1.29, 1.82) is 0 Å². The van der Waals surface area contributed by atoms with Crippen LogP contribution in [0.1, 0.15) is 28.7 Å². The molecule has 3 nitrogen and oxygen atoms in total. The molecule has 0 atom stereocenters. The maximum atomic E-state index is 12.6. The van der Waals surface area contributed by atoms with Gasteiger partial charge in [0.15, 0.2) is 0 Å². The maximum absolute atomic E-state index is 12.6. The zero-order valence-electron chi connectivity index (χ0n) is 13.5. The van der Waals surface area contributed by atoms with Crippen LogP contribution in [0.3, 0.4) is 0 Å². The lowest BCUT2D eigenvalue weighted by atomic mass is 10.0. The summed E-state index contributed by atoms with van der Waals surface area (Å²) in [6.45, 7) is 2.93. The number of carbonyl (C=O) groups is 1. The Morgan fingerprint density at radius 2 is 1.95 bits per heavy atom. The molecule has 0 radical (unpaired) electrons. The Labute approximate surface area is 141 Å². The van der Waals surface area contributed by atoms with Gasteiger partial charge >= 0.3 is 1.43 Å². The first kappa shape index (κ1) is 16.3. The molecule has 1 aliphatic carbocycles. The fourth-order valence-electron chi connectivity index (χ4n) is 2.98. The van der Waals surface area contributed by atoms with E-state index in [1.54, 1.807) is 0 Å².